The first-order chi connectivity index (χ1) is 17.0. The molecule has 3 aromatic rings. The average Bonchev–Trinajstić information content (AvgIpc) is 3.49. The largest absolute Gasteiger partial charge is 0.385 e. The maximum absolute atomic E-state index is 14.1. The molecule has 0 aromatic carbocycles. The number of nitrogens with zero attached hydrogens (tertiary/aromatic N) is 5. The topological polar surface area (TPSA) is 146 Å². The summed E-state index contributed by atoms with van der Waals surface area (Å²) in [4.78, 5) is 48.1. The lowest BCUT2D eigenvalue weighted by Gasteiger charge is -2.11. The van der Waals surface area contributed by atoms with Gasteiger partial charge in [0.1, 0.15) is 17.1 Å². The van der Waals surface area contributed by atoms with Gasteiger partial charge in [-0.3, -0.25) is 24.5 Å². The van der Waals surface area contributed by atoms with Gasteiger partial charge in [0.05, 0.1) is 29.0 Å². The van der Waals surface area contributed by atoms with E-state index in [1.54, 1.807) is 14.1 Å². The zero-order chi connectivity index (χ0) is 26.6. The van der Waals surface area contributed by atoms with Gasteiger partial charge in [-0.05, 0) is 18.6 Å². The molecule has 0 saturated carbocycles. The molecule has 13 nitrogen and oxygen atoms in total. The third kappa shape index (κ3) is 5.78. The smallest absolute Gasteiger partial charge is 0.298 e. The van der Waals surface area contributed by atoms with Gasteiger partial charge in [-0.1, -0.05) is 4.48 Å². The summed E-state index contributed by atoms with van der Waals surface area (Å²) in [5, 5.41) is 16.3. The molecule has 14 heteroatoms. The van der Waals surface area contributed by atoms with Crippen LogP contribution in [0.4, 0.5) is 21.5 Å². The Morgan fingerprint density at radius 3 is 1.97 bits per heavy atom. The van der Waals surface area contributed by atoms with Crippen molar-refractivity contribution in [1.82, 2.24) is 18.8 Å². The summed E-state index contributed by atoms with van der Waals surface area (Å²) in [6.07, 6.45) is 4.53. The fourth-order valence-corrected chi connectivity index (χ4v) is 3.54. The summed E-state index contributed by atoms with van der Waals surface area (Å²) in [6, 6.07) is 3.94. The van der Waals surface area contributed by atoms with Crippen molar-refractivity contribution in [1.29, 1.82) is 0 Å². The second-order valence-corrected chi connectivity index (χ2v) is 8.05. The van der Waals surface area contributed by atoms with E-state index in [1.807, 2.05) is 0 Å². The summed E-state index contributed by atoms with van der Waals surface area (Å²) in [5.74, 6) is -1.97. The van der Waals surface area contributed by atoms with Crippen molar-refractivity contribution >= 4 is 34.8 Å². The molecule has 0 atom stereocenters. The van der Waals surface area contributed by atoms with Gasteiger partial charge in [0, 0.05) is 53.3 Å². The molecule has 0 saturated heterocycles. The lowest BCUT2D eigenvalue weighted by Crippen LogP contribution is -2.26. The maximum atomic E-state index is 14.1. The van der Waals surface area contributed by atoms with Crippen molar-refractivity contribution in [3.05, 3.63) is 64.0 Å². The molecule has 3 aromatic heterocycles. The van der Waals surface area contributed by atoms with Gasteiger partial charge >= 0.3 is 0 Å². The number of carbonyl (C=O) groups excluding carboxylic acids is 3. The molecule has 0 unspecified atom stereocenters. The van der Waals surface area contributed by atoms with E-state index in [1.165, 1.54) is 58.6 Å². The Morgan fingerprint density at radius 1 is 0.944 bits per heavy atom. The number of hydrogen-bond donors (Lipinski definition) is 2. The van der Waals surface area contributed by atoms with Gasteiger partial charge in [0.25, 0.3) is 23.4 Å². The molecule has 3 heterocycles. The fraction of sp³-hybridized carbons (Fsp3) is 0.318. The fourth-order valence-electron chi connectivity index (χ4n) is 3.54. The molecule has 3 rings (SSSR count). The molecule has 0 spiro atoms. The molecule has 0 aliphatic heterocycles. The highest BCUT2D eigenvalue weighted by atomic mass is 19.2. The van der Waals surface area contributed by atoms with Crippen molar-refractivity contribution in [2.75, 3.05) is 30.9 Å². The number of methoxy groups -OCH3 is 1. The van der Waals surface area contributed by atoms with Crippen LogP contribution in [0.1, 0.15) is 37.9 Å². The number of ether oxygens (including phenoxy) is 1. The van der Waals surface area contributed by atoms with Crippen molar-refractivity contribution < 1.29 is 28.5 Å². The van der Waals surface area contributed by atoms with E-state index in [4.69, 9.17) is 4.74 Å². The van der Waals surface area contributed by atoms with Crippen LogP contribution in [0.3, 0.4) is 0 Å². The van der Waals surface area contributed by atoms with Crippen LogP contribution < -0.4 is 10.6 Å². The summed E-state index contributed by atoms with van der Waals surface area (Å²) in [7, 11) is 6.14. The number of nitrogens with one attached hydrogen (secondary N) is 2. The Kier molecular flexibility index (Phi) is 7.89. The first kappa shape index (κ1) is 26.2. The first-order valence-corrected chi connectivity index (χ1v) is 10.7. The number of rotatable bonds is 10. The lowest BCUT2D eigenvalue weighted by atomic mass is 10.3. The van der Waals surface area contributed by atoms with Gasteiger partial charge in [-0.15, -0.1) is 0 Å². The molecular weight excluding hydrogens is 477 g/mol. The average molecular weight is 503 g/mol. The summed E-state index contributed by atoms with van der Waals surface area (Å²) in [6.45, 7) is 0.180. The number of anilines is 2. The Balaban J connectivity index is 1.68. The van der Waals surface area contributed by atoms with Crippen LogP contribution >= 0.6 is 0 Å². The molecule has 0 fully saturated rings. The zero-order valence-corrected chi connectivity index (χ0v) is 20.1. The van der Waals surface area contributed by atoms with Crippen molar-refractivity contribution in [3.8, 4) is 0 Å². The second kappa shape index (κ2) is 10.9. The van der Waals surface area contributed by atoms with E-state index in [0.29, 0.717) is 18.7 Å². The van der Waals surface area contributed by atoms with Crippen LogP contribution in [0, 0.1) is 10.1 Å². The van der Waals surface area contributed by atoms with Gasteiger partial charge in [-0.2, -0.15) is 5.12 Å². The van der Waals surface area contributed by atoms with Crippen LogP contribution in [0.25, 0.3) is 0 Å². The van der Waals surface area contributed by atoms with E-state index in [9.17, 15) is 29.0 Å². The van der Waals surface area contributed by atoms with Crippen LogP contribution in [-0.2, 0) is 25.9 Å². The number of aryl methyl sites for hydroxylation is 3. The molecule has 0 aliphatic carbocycles. The third-order valence-corrected chi connectivity index (χ3v) is 5.33. The predicted molar refractivity (Wildman–Crippen MR) is 127 cm³/mol. The Hall–Kier alpha value is -4.46. The standard InChI is InChI=1S/C22H26FN7O6/c1-26-11-14(24-21(32)18-10-16(30(34)35)13-28(18)3)8-17(26)20(31)25-15-9-19(27(2)12-15)22(33)29(23)6-5-7-36-4/h8-13H,5-7H2,1-4H3,(H,24,32)(H,25,31). The van der Waals surface area contributed by atoms with Crippen molar-refractivity contribution in [2.45, 2.75) is 6.42 Å². The molecule has 0 radical (unpaired) electrons. The second-order valence-electron chi connectivity index (χ2n) is 8.05. The van der Waals surface area contributed by atoms with Gasteiger partial charge in [-0.25, -0.2) is 0 Å². The first-order valence-electron chi connectivity index (χ1n) is 10.7. The van der Waals surface area contributed by atoms with Crippen LogP contribution in [0.2, 0.25) is 0 Å². The summed E-state index contributed by atoms with van der Waals surface area (Å²) < 4.78 is 23.2. The maximum Gasteiger partial charge on any atom is 0.298 e. The lowest BCUT2D eigenvalue weighted by molar-refractivity contribution is -0.384. The SMILES string of the molecule is COCCCN(F)C(=O)c1cc(NC(=O)c2cc(NC(=O)c3cc([N+](=O)[O-])cn3C)cn2C)cn1C. The van der Waals surface area contributed by atoms with E-state index >= 15 is 0 Å². The Morgan fingerprint density at radius 2 is 1.44 bits per heavy atom. The molecule has 2 N–H and O–H groups in total. The van der Waals surface area contributed by atoms with Crippen LogP contribution in [0.15, 0.2) is 36.8 Å². The molecule has 0 aliphatic rings. The van der Waals surface area contributed by atoms with Crippen LogP contribution in [-0.4, -0.2) is 61.7 Å². The van der Waals surface area contributed by atoms with Gasteiger partial charge in [0.2, 0.25) is 0 Å². The number of nitro groups is 1. The Labute approximate surface area is 205 Å². The van der Waals surface area contributed by atoms with Crippen molar-refractivity contribution in [2.24, 2.45) is 21.1 Å². The van der Waals surface area contributed by atoms with E-state index in [0.717, 1.165) is 6.07 Å². The quantitative estimate of drug-likeness (QED) is 0.188. The number of halogens is 1. The number of aromatic nitrogens is 3. The van der Waals surface area contributed by atoms with Gasteiger partial charge < -0.3 is 29.1 Å². The number of hydrogen-bond acceptors (Lipinski definition) is 6. The molecule has 36 heavy (non-hydrogen) atoms. The van der Waals surface area contributed by atoms with Crippen molar-refractivity contribution in [3.63, 3.8) is 0 Å². The summed E-state index contributed by atoms with van der Waals surface area (Å²) in [5.41, 5.74) is 0.654. The zero-order valence-electron chi connectivity index (χ0n) is 20.1. The van der Waals surface area contributed by atoms with E-state index in [-0.39, 0.29) is 40.1 Å². The van der Waals surface area contributed by atoms with Gasteiger partial charge in [0.15, 0.2) is 0 Å². The van der Waals surface area contributed by atoms with E-state index in [2.05, 4.69) is 10.6 Å². The summed E-state index contributed by atoms with van der Waals surface area (Å²) >= 11 is 0. The van der Waals surface area contributed by atoms with E-state index < -0.39 is 22.6 Å². The minimum Gasteiger partial charge on any atom is -0.385 e. The Bertz CT molecular complexity index is 1310. The third-order valence-electron chi connectivity index (χ3n) is 5.33. The highest BCUT2D eigenvalue weighted by Gasteiger charge is 2.22. The highest BCUT2D eigenvalue weighted by Crippen LogP contribution is 2.20. The number of carbonyl (C=O) groups is 3. The van der Waals surface area contributed by atoms with Crippen LogP contribution in [0.5, 0.6) is 0 Å². The minimum atomic E-state index is -0.848. The molecule has 3 amide bonds. The normalized spacial score (nSPS) is 10.8. The monoisotopic (exact) mass is 503 g/mol. The highest BCUT2D eigenvalue weighted by molar-refractivity contribution is 6.07. The molecule has 192 valence electrons. The predicted octanol–water partition coefficient (Wildman–Crippen LogP) is 2.48. The number of amides is 3. The molecule has 0 bridgehead atoms. The molecular formula is C22H26FN7O6. The minimum absolute atomic E-state index is 0.0433.